The third-order valence-electron chi connectivity index (χ3n) is 4.74. The van der Waals surface area contributed by atoms with Gasteiger partial charge in [-0.25, -0.2) is 0 Å². The number of methoxy groups -OCH3 is 2. The van der Waals surface area contributed by atoms with E-state index < -0.39 is 0 Å². The highest BCUT2D eigenvalue weighted by atomic mass is 16.5. The van der Waals surface area contributed by atoms with Crippen LogP contribution in [0, 0.1) is 0 Å². The molecule has 5 nitrogen and oxygen atoms in total. The van der Waals surface area contributed by atoms with Gasteiger partial charge < -0.3 is 19.5 Å². The number of ether oxygens (including phenoxy) is 2. The van der Waals surface area contributed by atoms with Crippen molar-refractivity contribution in [1.82, 2.24) is 4.90 Å². The first-order valence-corrected chi connectivity index (χ1v) is 9.44. The molecule has 0 radical (unpaired) electrons. The predicted molar refractivity (Wildman–Crippen MR) is 113 cm³/mol. The summed E-state index contributed by atoms with van der Waals surface area (Å²) in [5.74, 6) is 1.49. The Labute approximate surface area is 171 Å². The minimum absolute atomic E-state index is 0.0286. The van der Waals surface area contributed by atoms with Crippen LogP contribution in [0.2, 0.25) is 0 Å². The monoisotopic (exact) mass is 391 g/mol. The molecule has 0 aliphatic heterocycles. The summed E-state index contributed by atoms with van der Waals surface area (Å²) in [6.45, 7) is 0.999. The van der Waals surface area contributed by atoms with Gasteiger partial charge in [0.05, 0.1) is 14.2 Å². The van der Waals surface area contributed by atoms with E-state index in [1.807, 2.05) is 65.6 Å². The highest BCUT2D eigenvalue weighted by Crippen LogP contribution is 2.28. The maximum absolute atomic E-state index is 13.1. The minimum Gasteiger partial charge on any atom is -0.508 e. The van der Waals surface area contributed by atoms with Crippen molar-refractivity contribution < 1.29 is 19.4 Å². The van der Waals surface area contributed by atoms with E-state index in [1.54, 1.807) is 26.4 Å². The average molecular weight is 391 g/mol. The number of aromatic hydroxyl groups is 1. The van der Waals surface area contributed by atoms with E-state index in [9.17, 15) is 9.90 Å². The van der Waals surface area contributed by atoms with Crippen molar-refractivity contribution in [3.8, 4) is 17.2 Å². The number of phenolic OH excluding ortho intramolecular Hbond substituents is 1. The van der Waals surface area contributed by atoms with E-state index >= 15 is 0 Å². The molecule has 0 aliphatic rings. The van der Waals surface area contributed by atoms with Gasteiger partial charge in [-0.15, -0.1) is 0 Å². The first-order valence-electron chi connectivity index (χ1n) is 9.44. The molecule has 0 heterocycles. The van der Waals surface area contributed by atoms with Crippen molar-refractivity contribution in [2.24, 2.45) is 0 Å². The average Bonchev–Trinajstić information content (AvgIpc) is 2.77. The van der Waals surface area contributed by atoms with Crippen LogP contribution >= 0.6 is 0 Å². The van der Waals surface area contributed by atoms with Gasteiger partial charge in [-0.2, -0.15) is 0 Å². The van der Waals surface area contributed by atoms with Crippen molar-refractivity contribution in [3.63, 3.8) is 0 Å². The molecule has 0 saturated carbocycles. The van der Waals surface area contributed by atoms with E-state index in [0.717, 1.165) is 11.1 Å². The van der Waals surface area contributed by atoms with Crippen LogP contribution < -0.4 is 9.47 Å². The second-order valence-corrected chi connectivity index (χ2v) is 6.70. The van der Waals surface area contributed by atoms with Gasteiger partial charge in [-0.3, -0.25) is 4.79 Å². The van der Waals surface area contributed by atoms with E-state index in [0.29, 0.717) is 36.6 Å². The van der Waals surface area contributed by atoms with E-state index in [1.165, 1.54) is 0 Å². The van der Waals surface area contributed by atoms with Crippen LogP contribution in [0.25, 0.3) is 0 Å². The normalized spacial score (nSPS) is 10.4. The lowest BCUT2D eigenvalue weighted by atomic mass is 10.1. The zero-order valence-corrected chi connectivity index (χ0v) is 16.7. The third-order valence-corrected chi connectivity index (χ3v) is 4.74. The molecule has 0 saturated heterocycles. The number of nitrogens with zero attached hydrogens (tertiary/aromatic N) is 1. The number of benzene rings is 3. The zero-order chi connectivity index (χ0) is 20.6. The molecule has 0 spiro atoms. The zero-order valence-electron chi connectivity index (χ0n) is 16.7. The summed E-state index contributed by atoms with van der Waals surface area (Å²) in [5, 5.41) is 9.47. The van der Waals surface area contributed by atoms with Crippen molar-refractivity contribution in [2.75, 3.05) is 20.8 Å². The van der Waals surface area contributed by atoms with Crippen LogP contribution in [0.1, 0.15) is 21.5 Å². The Hall–Kier alpha value is -3.47. The lowest BCUT2D eigenvalue weighted by Gasteiger charge is -2.24. The number of rotatable bonds is 8. The molecule has 0 bridgehead atoms. The van der Waals surface area contributed by atoms with Gasteiger partial charge >= 0.3 is 0 Å². The number of phenols is 1. The number of hydrogen-bond donors (Lipinski definition) is 1. The minimum atomic E-state index is -0.0286. The van der Waals surface area contributed by atoms with Gasteiger partial charge in [0.2, 0.25) is 0 Å². The van der Waals surface area contributed by atoms with Gasteiger partial charge in [0.15, 0.2) is 11.5 Å². The molecule has 0 aromatic heterocycles. The fourth-order valence-electron chi connectivity index (χ4n) is 3.14. The molecule has 3 aromatic carbocycles. The summed E-state index contributed by atoms with van der Waals surface area (Å²) >= 11 is 0. The van der Waals surface area contributed by atoms with Gasteiger partial charge in [-0.05, 0) is 53.9 Å². The summed E-state index contributed by atoms with van der Waals surface area (Å²) in [6, 6.07) is 22.0. The Balaban J connectivity index is 1.82. The number of carbonyl (C=O) groups is 1. The quantitative estimate of drug-likeness (QED) is 0.622. The van der Waals surface area contributed by atoms with Crippen molar-refractivity contribution in [1.29, 1.82) is 0 Å². The van der Waals surface area contributed by atoms with Crippen LogP contribution in [-0.4, -0.2) is 36.7 Å². The lowest BCUT2D eigenvalue weighted by Crippen LogP contribution is -2.32. The van der Waals surface area contributed by atoms with Gasteiger partial charge in [0.1, 0.15) is 5.75 Å². The number of hydrogen-bond acceptors (Lipinski definition) is 4. The second kappa shape index (κ2) is 9.64. The smallest absolute Gasteiger partial charge is 0.254 e. The maximum Gasteiger partial charge on any atom is 0.254 e. The molecule has 5 heteroatoms. The van der Waals surface area contributed by atoms with Crippen molar-refractivity contribution in [3.05, 3.63) is 89.5 Å². The second-order valence-electron chi connectivity index (χ2n) is 6.70. The molecule has 0 fully saturated rings. The van der Waals surface area contributed by atoms with Crippen molar-refractivity contribution in [2.45, 2.75) is 13.0 Å². The largest absolute Gasteiger partial charge is 0.508 e. The van der Waals surface area contributed by atoms with Gasteiger partial charge in [0, 0.05) is 18.7 Å². The van der Waals surface area contributed by atoms with Gasteiger partial charge in [0.25, 0.3) is 5.91 Å². The summed E-state index contributed by atoms with van der Waals surface area (Å²) in [5.41, 5.74) is 2.66. The van der Waals surface area contributed by atoms with Crippen LogP contribution in [0.3, 0.4) is 0 Å². The Bertz CT molecular complexity index is 939. The Kier molecular flexibility index (Phi) is 6.74. The molecule has 29 heavy (non-hydrogen) atoms. The molecule has 1 N–H and O–H groups in total. The fourth-order valence-corrected chi connectivity index (χ4v) is 3.14. The van der Waals surface area contributed by atoms with Crippen LogP contribution in [0.5, 0.6) is 17.2 Å². The highest BCUT2D eigenvalue weighted by molar-refractivity contribution is 5.94. The molecule has 3 rings (SSSR count). The van der Waals surface area contributed by atoms with E-state index in [4.69, 9.17) is 9.47 Å². The summed E-state index contributed by atoms with van der Waals surface area (Å²) in [6.07, 6.45) is 0.687. The molecule has 1 amide bonds. The topological polar surface area (TPSA) is 59.0 Å². The van der Waals surface area contributed by atoms with Crippen LogP contribution in [-0.2, 0) is 13.0 Å². The Morgan fingerprint density at radius 1 is 0.862 bits per heavy atom. The van der Waals surface area contributed by atoms with E-state index in [-0.39, 0.29) is 11.7 Å². The first-order chi connectivity index (χ1) is 14.1. The summed E-state index contributed by atoms with van der Waals surface area (Å²) in [4.78, 5) is 15.0. The van der Waals surface area contributed by atoms with Gasteiger partial charge in [-0.1, -0.05) is 36.4 Å². The maximum atomic E-state index is 13.1. The summed E-state index contributed by atoms with van der Waals surface area (Å²) < 4.78 is 10.7. The molecule has 0 atom stereocenters. The van der Waals surface area contributed by atoms with Crippen LogP contribution in [0.4, 0.5) is 0 Å². The Morgan fingerprint density at radius 3 is 2.17 bits per heavy atom. The standard InChI is InChI=1S/C24H25NO4/c1-28-22-13-10-19(16-23(22)29-2)17-25(24(27)20-6-4-3-5-7-20)15-14-18-8-11-21(26)12-9-18/h3-13,16,26H,14-15,17H2,1-2H3. The molecule has 0 aliphatic carbocycles. The fraction of sp³-hybridized carbons (Fsp3) is 0.208. The number of amides is 1. The third kappa shape index (κ3) is 5.29. The molecule has 3 aromatic rings. The molecular formula is C24H25NO4. The van der Waals surface area contributed by atoms with Crippen molar-refractivity contribution >= 4 is 5.91 Å². The number of carbonyl (C=O) groups excluding carboxylic acids is 1. The SMILES string of the molecule is COc1ccc(CN(CCc2ccc(O)cc2)C(=O)c2ccccc2)cc1OC. The predicted octanol–water partition coefficient (Wildman–Crippen LogP) is 4.29. The highest BCUT2D eigenvalue weighted by Gasteiger charge is 2.17. The molecule has 0 unspecified atom stereocenters. The molecular weight excluding hydrogens is 366 g/mol. The van der Waals surface area contributed by atoms with Crippen LogP contribution in [0.15, 0.2) is 72.8 Å². The first kappa shape index (κ1) is 20.3. The molecule has 150 valence electrons. The lowest BCUT2D eigenvalue weighted by molar-refractivity contribution is 0.0745. The summed E-state index contributed by atoms with van der Waals surface area (Å²) in [7, 11) is 3.19. The van der Waals surface area contributed by atoms with E-state index in [2.05, 4.69) is 0 Å². The Morgan fingerprint density at radius 2 is 1.52 bits per heavy atom.